The van der Waals surface area contributed by atoms with Crippen LogP contribution in [-0.2, 0) is 52.2 Å². The number of hydrogen-bond acceptors (Lipinski definition) is 24. The number of carbonyl (C=O) groups is 2. The largest absolute Gasteiger partial charge is 0.460 e. The Bertz CT molecular complexity index is 1900. The number of allylic oxidation sites excluding steroid dienone is 2. The van der Waals surface area contributed by atoms with Gasteiger partial charge < -0.3 is 114 Å². The molecule has 26 atom stereocenters. The zero-order chi connectivity index (χ0) is 54.5. The number of aliphatic hydroxyl groups is 15. The van der Waals surface area contributed by atoms with Gasteiger partial charge in [-0.05, 0) is 82.5 Å². The van der Waals surface area contributed by atoms with Crippen molar-refractivity contribution in [2.45, 2.75) is 231 Å². The Labute approximate surface area is 439 Å². The third-order valence-corrected chi connectivity index (χ3v) is 16.9. The van der Waals surface area contributed by atoms with Gasteiger partial charge in [0.15, 0.2) is 37.2 Å². The topological polar surface area (TPSA) is 393 Å². The molecule has 434 valence electrons. The number of aliphatic hydroxyl groups excluding tert-OH is 13. The van der Waals surface area contributed by atoms with E-state index in [9.17, 15) is 76.0 Å². The van der Waals surface area contributed by atoms with Gasteiger partial charge in [-0.3, -0.25) is 0 Å². The lowest BCUT2D eigenvalue weighted by Crippen LogP contribution is -2.66. The van der Waals surface area contributed by atoms with Gasteiger partial charge in [0.25, 0.3) is 0 Å². The first-order valence-electron chi connectivity index (χ1n) is 26.9. The summed E-state index contributed by atoms with van der Waals surface area (Å²) in [7, 11) is 1.48. The standard InChI is InChI=1S/C51H80O25/c1-67-34-14-23(4-10-29(34)56)6-13-39(60)75-47-40(61)31(58)20-69-50(47)76-48-44(65)42(63)37(21-68-38(59)12-5-22-2-8-25(53)9-3-22)74-51(48)72-35-18-27-32(70-46(35)24-7-11-28(55)30(57)15-24)16-26(54)17-33(27)71-49-45(66)43(64)41(62)36(19-52)73-49/h5-6,12-13,22-37,40-58,61-66H,2-4,7-11,14-21H2,1H3/p+1. The van der Waals surface area contributed by atoms with Gasteiger partial charge in [0.2, 0.25) is 0 Å². The second-order valence-electron chi connectivity index (χ2n) is 22.1. The molecular formula is C51H81O25+. The van der Waals surface area contributed by atoms with Crippen molar-refractivity contribution in [3.8, 4) is 0 Å². The highest BCUT2D eigenvalue weighted by molar-refractivity contribution is 5.82. The minimum absolute atomic E-state index is 0.0153. The number of hydrogen-bond donors (Lipinski definition) is 13. The van der Waals surface area contributed by atoms with Gasteiger partial charge in [0, 0.05) is 38.0 Å². The molecule has 4 heterocycles. The summed E-state index contributed by atoms with van der Waals surface area (Å²) in [6.07, 6.45) is -21.5. The van der Waals surface area contributed by atoms with E-state index in [4.69, 9.17) is 47.4 Å². The number of carbonyl (C=O) groups excluding carboxylic acids is 2. The third kappa shape index (κ3) is 14.4. The fraction of sp³-hybridized carbons (Fsp3) is 0.882. The normalized spacial score (nSPS) is 48.6. The molecule has 14 N–H and O–H groups in total. The molecule has 4 aliphatic heterocycles. The molecule has 0 bridgehead atoms. The van der Waals surface area contributed by atoms with Crippen LogP contribution in [0.1, 0.15) is 83.5 Å². The van der Waals surface area contributed by atoms with Crippen molar-refractivity contribution in [1.82, 2.24) is 0 Å². The van der Waals surface area contributed by atoms with Crippen LogP contribution in [0.4, 0.5) is 0 Å². The minimum Gasteiger partial charge on any atom is -0.460 e. The highest BCUT2D eigenvalue weighted by Crippen LogP contribution is 2.44. The van der Waals surface area contributed by atoms with Crippen LogP contribution < -0.4 is 0 Å². The predicted molar refractivity (Wildman–Crippen MR) is 255 cm³/mol. The van der Waals surface area contributed by atoms with E-state index in [0.717, 1.165) is 6.08 Å². The maximum atomic E-state index is 13.4. The van der Waals surface area contributed by atoms with Crippen LogP contribution in [0.3, 0.4) is 0 Å². The van der Waals surface area contributed by atoms with Crippen molar-refractivity contribution in [2.24, 2.45) is 23.7 Å². The summed E-state index contributed by atoms with van der Waals surface area (Å²) in [5, 5.41) is 140. The Morgan fingerprint density at radius 3 is 1.95 bits per heavy atom. The number of methoxy groups -OCH3 is 1. The molecule has 8 fully saturated rings. The van der Waals surface area contributed by atoms with Gasteiger partial charge in [0.1, 0.15) is 73.8 Å². The lowest BCUT2D eigenvalue weighted by atomic mass is 9.72. The molecule has 25 nitrogen and oxygen atoms in total. The summed E-state index contributed by atoms with van der Waals surface area (Å²) in [6.45, 7) is -1.86. The Morgan fingerprint density at radius 1 is 0.553 bits per heavy atom. The van der Waals surface area contributed by atoms with Gasteiger partial charge in [-0.2, -0.15) is 0 Å². The predicted octanol–water partition coefficient (Wildman–Crippen LogP) is -4.28. The van der Waals surface area contributed by atoms with Crippen LogP contribution in [0, 0.1) is 23.7 Å². The van der Waals surface area contributed by atoms with Gasteiger partial charge in [0.05, 0.1) is 61.9 Å². The molecule has 4 aliphatic carbocycles. The summed E-state index contributed by atoms with van der Waals surface area (Å²) in [5.41, 5.74) is 0. The van der Waals surface area contributed by atoms with E-state index in [1.807, 2.05) is 0 Å². The molecule has 76 heavy (non-hydrogen) atoms. The molecule has 0 aromatic heterocycles. The minimum atomic E-state index is -1.95. The summed E-state index contributed by atoms with van der Waals surface area (Å²) in [6, 6.07) is 0. The number of ether oxygens (including phenoxy) is 10. The van der Waals surface area contributed by atoms with Gasteiger partial charge in [-0.25, -0.2) is 9.59 Å². The Balaban J connectivity index is 1.06. The quantitative estimate of drug-likeness (QED) is 0.0395. The number of fused-ring (bicyclic) bond motifs is 1. The van der Waals surface area contributed by atoms with Crippen molar-refractivity contribution in [1.29, 1.82) is 0 Å². The molecule has 26 unspecified atom stereocenters. The number of rotatable bonds is 16. The average Bonchev–Trinajstić information content (AvgIpc) is 3.41. The first kappa shape index (κ1) is 59.7. The van der Waals surface area contributed by atoms with Crippen LogP contribution >= 0.6 is 0 Å². The van der Waals surface area contributed by atoms with Gasteiger partial charge in [-0.15, -0.1) is 0 Å². The third-order valence-electron chi connectivity index (χ3n) is 16.9. The first-order chi connectivity index (χ1) is 36.3. The maximum Gasteiger partial charge on any atom is 0.330 e. The Kier molecular flexibility index (Phi) is 21.1. The molecule has 0 radical (unpaired) electrons. The Hall–Kier alpha value is -2.42. The smallest absolute Gasteiger partial charge is 0.330 e. The molecule has 8 rings (SSSR count). The monoisotopic (exact) mass is 1090 g/mol. The van der Waals surface area contributed by atoms with Crippen molar-refractivity contribution in [3.63, 3.8) is 0 Å². The molecule has 4 saturated carbocycles. The average molecular weight is 1090 g/mol. The summed E-state index contributed by atoms with van der Waals surface area (Å²) >= 11 is 0. The fourth-order valence-electron chi connectivity index (χ4n) is 12.3. The number of esters is 2. The van der Waals surface area contributed by atoms with Crippen molar-refractivity contribution < 1.29 is 123 Å². The summed E-state index contributed by atoms with van der Waals surface area (Å²) in [5.74, 6) is -2.97. The molecule has 25 heteroatoms. The zero-order valence-corrected chi connectivity index (χ0v) is 42.5. The van der Waals surface area contributed by atoms with E-state index in [0.29, 0.717) is 51.4 Å². The molecule has 0 aromatic carbocycles. The van der Waals surface area contributed by atoms with Crippen LogP contribution in [0.25, 0.3) is 0 Å². The molecule has 4 saturated heterocycles. The summed E-state index contributed by atoms with van der Waals surface area (Å²) in [4.78, 5) is 26.5. The van der Waals surface area contributed by atoms with E-state index in [1.54, 1.807) is 12.2 Å². The highest BCUT2D eigenvalue weighted by atomic mass is 16.8. The maximum absolute atomic E-state index is 13.4. The van der Waals surface area contributed by atoms with E-state index >= 15 is 0 Å². The second-order valence-corrected chi connectivity index (χ2v) is 22.1. The fourth-order valence-corrected chi connectivity index (χ4v) is 12.3. The van der Waals surface area contributed by atoms with Crippen molar-refractivity contribution in [2.75, 3.05) is 26.9 Å². The van der Waals surface area contributed by atoms with Gasteiger partial charge >= 0.3 is 11.9 Å². The van der Waals surface area contributed by atoms with Crippen LogP contribution in [0.5, 0.6) is 0 Å². The van der Waals surface area contributed by atoms with Crippen LogP contribution in [-0.4, -0.2) is 257 Å². The highest BCUT2D eigenvalue weighted by Gasteiger charge is 2.58. The second kappa shape index (κ2) is 26.9. The van der Waals surface area contributed by atoms with E-state index in [1.165, 1.54) is 13.2 Å². The summed E-state index contributed by atoms with van der Waals surface area (Å²) < 4.78 is 59.1. The molecule has 8 aliphatic rings. The van der Waals surface area contributed by atoms with E-state index < -0.39 is 191 Å². The van der Waals surface area contributed by atoms with Crippen molar-refractivity contribution >= 4 is 11.9 Å². The SMILES string of the molecule is COC1CC(C=CC(=O)OC2C(OC3C(OC4CC5C(OC6OC(CO)C(O)C(O)C6O)CC(O)CC5[OH+]C4C4CCC(O)C(O)C4)OC(COC(=O)C=CC4CCC(O)CC4)C(O)C3O)OCC(O)C2O)CCC1O. The van der Waals surface area contributed by atoms with Crippen LogP contribution in [0.2, 0.25) is 0 Å². The van der Waals surface area contributed by atoms with E-state index in [-0.39, 0.29) is 43.9 Å². The Morgan fingerprint density at radius 2 is 1.22 bits per heavy atom. The van der Waals surface area contributed by atoms with E-state index in [2.05, 4.69) is 0 Å². The van der Waals surface area contributed by atoms with Gasteiger partial charge in [-0.1, -0.05) is 12.2 Å². The molecule has 0 spiro atoms. The van der Waals surface area contributed by atoms with Crippen molar-refractivity contribution in [3.05, 3.63) is 24.3 Å². The lowest BCUT2D eigenvalue weighted by Gasteiger charge is -2.50. The first-order valence-corrected chi connectivity index (χ1v) is 26.9. The molecular weight excluding hydrogens is 1010 g/mol. The molecule has 0 aromatic rings. The lowest BCUT2D eigenvalue weighted by molar-refractivity contribution is -0.385. The molecule has 0 amide bonds. The van der Waals surface area contributed by atoms with Crippen LogP contribution in [0.15, 0.2) is 24.3 Å². The zero-order valence-electron chi connectivity index (χ0n) is 42.5.